The number of carbonyl (C=O) groups is 1. The molecule has 3 aromatic rings. The summed E-state index contributed by atoms with van der Waals surface area (Å²) in [6, 6.07) is 14.3. The molecule has 0 radical (unpaired) electrons. The van der Waals surface area contributed by atoms with Crippen molar-refractivity contribution < 1.29 is 4.79 Å². The van der Waals surface area contributed by atoms with Crippen LogP contribution in [-0.2, 0) is 11.2 Å². The molecule has 2 aromatic carbocycles. The molecule has 4 nitrogen and oxygen atoms in total. The number of aromatic nitrogens is 1. The number of likely N-dealkylation sites (N-methyl/N-ethyl adjacent to an activating group) is 1. The van der Waals surface area contributed by atoms with Crippen molar-refractivity contribution in [3.63, 3.8) is 0 Å². The summed E-state index contributed by atoms with van der Waals surface area (Å²) in [4.78, 5) is 18.2. The van der Waals surface area contributed by atoms with E-state index in [0.29, 0.717) is 6.42 Å². The molecule has 0 aliphatic carbocycles. The number of amides is 1. The Labute approximate surface area is 144 Å². The molecule has 0 atom stereocenters. The molecule has 0 saturated heterocycles. The van der Waals surface area contributed by atoms with Crippen molar-refractivity contribution in [1.29, 1.82) is 0 Å². The topological polar surface area (TPSA) is 45.2 Å². The van der Waals surface area contributed by atoms with Gasteiger partial charge in [0.2, 0.25) is 5.91 Å². The molecule has 1 N–H and O–H groups in total. The van der Waals surface area contributed by atoms with E-state index in [0.717, 1.165) is 33.3 Å². The van der Waals surface area contributed by atoms with Crippen LogP contribution in [0.4, 0.5) is 16.5 Å². The number of aryl methyl sites for hydroxylation is 1. The summed E-state index contributed by atoms with van der Waals surface area (Å²) in [6.07, 6.45) is 0.471. The number of carbonyl (C=O) groups excluding carboxylic acids is 1. The number of anilines is 3. The summed E-state index contributed by atoms with van der Waals surface area (Å²) in [6.45, 7) is 2.07. The molecule has 1 amide bonds. The highest BCUT2D eigenvalue weighted by Gasteiger charge is 2.24. The minimum Gasteiger partial charge on any atom is -0.332 e. The van der Waals surface area contributed by atoms with E-state index in [1.165, 1.54) is 5.56 Å². The van der Waals surface area contributed by atoms with Gasteiger partial charge in [0.05, 0.1) is 12.1 Å². The fourth-order valence-electron chi connectivity index (χ4n) is 2.85. The van der Waals surface area contributed by atoms with E-state index in [4.69, 9.17) is 0 Å². The maximum Gasteiger partial charge on any atom is 0.231 e. The molecular weight excluding hydrogens is 318 g/mol. The summed E-state index contributed by atoms with van der Waals surface area (Å²) in [5.74, 6) is 0.141. The lowest BCUT2D eigenvalue weighted by molar-refractivity contribution is -0.117. The van der Waals surface area contributed by atoms with E-state index in [9.17, 15) is 4.79 Å². The van der Waals surface area contributed by atoms with Crippen molar-refractivity contribution in [2.75, 3.05) is 17.3 Å². The largest absolute Gasteiger partial charge is 0.332 e. The molecular formula is C19H17N3OS. The Bertz CT molecular complexity index is 915. The molecule has 24 heavy (non-hydrogen) atoms. The van der Waals surface area contributed by atoms with Crippen LogP contribution in [0.15, 0.2) is 47.8 Å². The predicted octanol–water partition coefficient (Wildman–Crippen LogP) is 4.38. The maximum absolute atomic E-state index is 11.8. The molecule has 0 bridgehead atoms. The highest BCUT2D eigenvalue weighted by atomic mass is 32.1. The third-order valence-corrected chi connectivity index (χ3v) is 5.02. The number of thiazole rings is 1. The van der Waals surface area contributed by atoms with Gasteiger partial charge in [0, 0.05) is 29.4 Å². The summed E-state index contributed by atoms with van der Waals surface area (Å²) < 4.78 is 0. The van der Waals surface area contributed by atoms with Crippen LogP contribution in [0.5, 0.6) is 0 Å². The summed E-state index contributed by atoms with van der Waals surface area (Å²) in [7, 11) is 1.82. The van der Waals surface area contributed by atoms with Crippen LogP contribution in [-0.4, -0.2) is 17.9 Å². The fraction of sp³-hybridized carbons (Fsp3) is 0.158. The average molecular weight is 335 g/mol. The van der Waals surface area contributed by atoms with E-state index in [2.05, 4.69) is 35.4 Å². The smallest absolute Gasteiger partial charge is 0.231 e. The van der Waals surface area contributed by atoms with Crippen LogP contribution in [0, 0.1) is 6.92 Å². The number of hydrogen-bond donors (Lipinski definition) is 1. The minimum atomic E-state index is 0.141. The van der Waals surface area contributed by atoms with Gasteiger partial charge in [-0.1, -0.05) is 23.8 Å². The molecule has 5 heteroatoms. The number of nitrogens with one attached hydrogen (secondary N) is 1. The molecule has 1 aromatic heterocycles. The third-order valence-electron chi connectivity index (χ3n) is 4.26. The molecule has 1 aliphatic rings. The number of rotatable bonds is 3. The van der Waals surface area contributed by atoms with Crippen LogP contribution < -0.4 is 10.2 Å². The Balaban J connectivity index is 1.58. The third kappa shape index (κ3) is 2.67. The Morgan fingerprint density at radius 1 is 1.17 bits per heavy atom. The van der Waals surface area contributed by atoms with Crippen LogP contribution in [0.1, 0.15) is 11.1 Å². The number of benzene rings is 2. The van der Waals surface area contributed by atoms with E-state index >= 15 is 0 Å². The van der Waals surface area contributed by atoms with Crippen molar-refractivity contribution in [3.05, 3.63) is 59.0 Å². The Hall–Kier alpha value is -2.66. The zero-order valence-electron chi connectivity index (χ0n) is 13.5. The van der Waals surface area contributed by atoms with Gasteiger partial charge >= 0.3 is 0 Å². The highest BCUT2D eigenvalue weighted by Crippen LogP contribution is 2.33. The highest BCUT2D eigenvalue weighted by molar-refractivity contribution is 7.14. The summed E-state index contributed by atoms with van der Waals surface area (Å²) in [5.41, 5.74) is 6.31. The van der Waals surface area contributed by atoms with Gasteiger partial charge in [0.25, 0.3) is 0 Å². The van der Waals surface area contributed by atoms with Crippen molar-refractivity contribution in [1.82, 2.24) is 4.98 Å². The normalized spacial score (nSPS) is 13.2. The number of fused-ring (bicyclic) bond motifs is 1. The lowest BCUT2D eigenvalue weighted by Gasteiger charge is -2.09. The monoisotopic (exact) mass is 335 g/mol. The van der Waals surface area contributed by atoms with Crippen LogP contribution in [0.25, 0.3) is 11.3 Å². The first-order valence-corrected chi connectivity index (χ1v) is 8.67. The Kier molecular flexibility index (Phi) is 3.58. The molecule has 4 rings (SSSR count). The van der Waals surface area contributed by atoms with Gasteiger partial charge in [0.1, 0.15) is 0 Å². The van der Waals surface area contributed by atoms with Gasteiger partial charge in [-0.05, 0) is 36.8 Å². The predicted molar refractivity (Wildman–Crippen MR) is 99.1 cm³/mol. The molecule has 2 heterocycles. The molecule has 0 fully saturated rings. The second kappa shape index (κ2) is 5.76. The average Bonchev–Trinajstić information content (AvgIpc) is 3.15. The van der Waals surface area contributed by atoms with Crippen molar-refractivity contribution in [2.45, 2.75) is 13.3 Å². The van der Waals surface area contributed by atoms with Gasteiger partial charge in [0.15, 0.2) is 5.13 Å². The van der Waals surface area contributed by atoms with Crippen molar-refractivity contribution >= 4 is 33.8 Å². The van der Waals surface area contributed by atoms with Gasteiger partial charge in [-0.3, -0.25) is 4.79 Å². The number of hydrogen-bond acceptors (Lipinski definition) is 4. The van der Waals surface area contributed by atoms with Crippen molar-refractivity contribution in [2.24, 2.45) is 0 Å². The van der Waals surface area contributed by atoms with E-state index in [-0.39, 0.29) is 5.91 Å². The summed E-state index contributed by atoms with van der Waals surface area (Å²) in [5, 5.41) is 6.24. The second-order valence-corrected chi connectivity index (χ2v) is 6.86. The maximum atomic E-state index is 11.8. The van der Waals surface area contributed by atoms with Gasteiger partial charge < -0.3 is 10.2 Å². The first kappa shape index (κ1) is 14.9. The van der Waals surface area contributed by atoms with E-state index in [1.54, 1.807) is 16.2 Å². The first-order valence-electron chi connectivity index (χ1n) is 7.79. The summed E-state index contributed by atoms with van der Waals surface area (Å²) >= 11 is 1.58. The quantitative estimate of drug-likeness (QED) is 0.772. The lowest BCUT2D eigenvalue weighted by atomic mass is 10.1. The van der Waals surface area contributed by atoms with Crippen LogP contribution in [0.3, 0.4) is 0 Å². The SMILES string of the molecule is Cc1ccc(Nc2nc(-c3ccc4c(c3)CC(=O)N4C)cs2)cc1. The Morgan fingerprint density at radius 3 is 2.75 bits per heavy atom. The molecule has 0 saturated carbocycles. The molecule has 0 spiro atoms. The van der Waals surface area contributed by atoms with Crippen molar-refractivity contribution in [3.8, 4) is 11.3 Å². The number of nitrogens with zero attached hydrogens (tertiary/aromatic N) is 2. The van der Waals surface area contributed by atoms with E-state index in [1.807, 2.05) is 36.7 Å². The Morgan fingerprint density at radius 2 is 1.96 bits per heavy atom. The fourth-order valence-corrected chi connectivity index (χ4v) is 3.59. The van der Waals surface area contributed by atoms with E-state index < -0.39 is 0 Å². The molecule has 1 aliphatic heterocycles. The standard InChI is InChI=1S/C19H17N3OS/c1-12-3-6-15(7-4-12)20-19-21-16(11-24-19)13-5-8-17-14(9-13)10-18(23)22(17)2/h3-9,11H,10H2,1-2H3,(H,20,21). The molecule has 120 valence electrons. The van der Waals surface area contributed by atoms with Gasteiger partial charge in [-0.2, -0.15) is 0 Å². The minimum absolute atomic E-state index is 0.141. The lowest BCUT2D eigenvalue weighted by Crippen LogP contribution is -2.20. The molecule has 0 unspecified atom stereocenters. The zero-order chi connectivity index (χ0) is 16.7. The first-order chi connectivity index (χ1) is 11.6. The van der Waals surface area contributed by atoms with Crippen LogP contribution in [0.2, 0.25) is 0 Å². The zero-order valence-corrected chi connectivity index (χ0v) is 14.4. The second-order valence-electron chi connectivity index (χ2n) is 6.00. The van der Waals surface area contributed by atoms with Gasteiger partial charge in [-0.25, -0.2) is 4.98 Å². The van der Waals surface area contributed by atoms with Gasteiger partial charge in [-0.15, -0.1) is 11.3 Å². The van der Waals surface area contributed by atoms with Crippen LogP contribution >= 0.6 is 11.3 Å².